The molecule has 0 saturated carbocycles. The maximum atomic E-state index is 14.0. The Balaban J connectivity index is 1.54. The summed E-state index contributed by atoms with van der Waals surface area (Å²) < 4.78 is 12.2. The minimum Gasteiger partial charge on any atom is -0.497 e. The molecule has 0 aliphatic rings. The summed E-state index contributed by atoms with van der Waals surface area (Å²) in [5, 5.41) is 11.2. The third-order valence-electron chi connectivity index (χ3n) is 5.96. The van der Waals surface area contributed by atoms with Crippen molar-refractivity contribution in [2.24, 2.45) is 0 Å². The van der Waals surface area contributed by atoms with Crippen LogP contribution >= 0.6 is 0 Å². The Kier molecular flexibility index (Phi) is 6.93. The Morgan fingerprint density at radius 2 is 1.73 bits per heavy atom. The third-order valence-corrected chi connectivity index (χ3v) is 5.96. The zero-order valence-electron chi connectivity index (χ0n) is 20.2. The van der Waals surface area contributed by atoms with Crippen LogP contribution in [0.5, 0.6) is 5.75 Å². The van der Waals surface area contributed by atoms with E-state index in [1.807, 2.05) is 54.6 Å². The minimum absolute atomic E-state index is 0.110. The molecule has 9 heteroatoms. The number of carbonyl (C=O) groups is 2. The molecule has 0 aliphatic carbocycles. The van der Waals surface area contributed by atoms with Crippen LogP contribution < -0.4 is 15.0 Å². The number of anilines is 1. The largest absolute Gasteiger partial charge is 0.497 e. The fraction of sp³-hybridized carbons (Fsp3) is 0.143. The molecule has 0 spiro atoms. The normalized spacial score (nSPS) is 11.7. The number of nitrogens with one attached hydrogen (secondary N) is 1. The lowest BCUT2D eigenvalue weighted by molar-refractivity contribution is -0.127. The fourth-order valence-electron chi connectivity index (χ4n) is 4.16. The molecular weight excluding hydrogens is 470 g/mol. The molecule has 0 radical (unpaired) electrons. The van der Waals surface area contributed by atoms with Crippen molar-refractivity contribution in [1.82, 2.24) is 20.3 Å². The Morgan fingerprint density at radius 1 is 0.973 bits per heavy atom. The lowest BCUT2D eigenvalue weighted by Gasteiger charge is -2.31. The number of amides is 2. The Labute approximate surface area is 213 Å². The van der Waals surface area contributed by atoms with Crippen molar-refractivity contribution in [1.29, 1.82) is 0 Å². The lowest BCUT2D eigenvalue weighted by atomic mass is 10.0. The van der Waals surface area contributed by atoms with Gasteiger partial charge in [0.2, 0.25) is 11.8 Å². The van der Waals surface area contributed by atoms with E-state index in [0.717, 1.165) is 5.52 Å². The molecular formula is C28H25N5O4. The van der Waals surface area contributed by atoms with Crippen LogP contribution in [0.4, 0.5) is 5.69 Å². The van der Waals surface area contributed by atoms with Gasteiger partial charge in [0.1, 0.15) is 29.6 Å². The van der Waals surface area contributed by atoms with Gasteiger partial charge >= 0.3 is 0 Å². The number of aromatic nitrogens is 3. The van der Waals surface area contributed by atoms with E-state index in [1.165, 1.54) is 9.58 Å². The minimum atomic E-state index is -0.952. The molecule has 2 aromatic heterocycles. The molecule has 2 heterocycles. The summed E-state index contributed by atoms with van der Waals surface area (Å²) in [6.45, 7) is 0.0782. The molecule has 0 fully saturated rings. The molecule has 1 N–H and O–H groups in total. The number of furan rings is 1. The van der Waals surface area contributed by atoms with E-state index in [2.05, 4.69) is 15.6 Å². The molecule has 0 saturated heterocycles. The van der Waals surface area contributed by atoms with Gasteiger partial charge in [-0.1, -0.05) is 47.7 Å². The second-order valence-corrected chi connectivity index (χ2v) is 8.31. The molecule has 37 heavy (non-hydrogen) atoms. The van der Waals surface area contributed by atoms with Gasteiger partial charge in [0.05, 0.1) is 25.4 Å². The molecule has 186 valence electrons. The molecule has 2 amide bonds. The third kappa shape index (κ3) is 5.20. The quantitative estimate of drug-likeness (QED) is 0.330. The van der Waals surface area contributed by atoms with Gasteiger partial charge in [-0.05, 0) is 54.1 Å². The van der Waals surface area contributed by atoms with Crippen LogP contribution in [0.2, 0.25) is 0 Å². The van der Waals surface area contributed by atoms with E-state index in [-0.39, 0.29) is 24.9 Å². The second-order valence-electron chi connectivity index (χ2n) is 8.31. The highest BCUT2D eigenvalue weighted by molar-refractivity contribution is 6.01. The van der Waals surface area contributed by atoms with Crippen molar-refractivity contribution >= 4 is 28.5 Å². The average Bonchev–Trinajstić information content (AvgIpc) is 3.61. The molecule has 0 bridgehead atoms. The van der Waals surface area contributed by atoms with Gasteiger partial charge in [-0.2, -0.15) is 0 Å². The van der Waals surface area contributed by atoms with E-state index in [4.69, 9.17) is 9.15 Å². The highest BCUT2D eigenvalue weighted by Crippen LogP contribution is 2.30. The van der Waals surface area contributed by atoms with Crippen LogP contribution in [0, 0.1) is 0 Å². The predicted molar refractivity (Wildman–Crippen MR) is 138 cm³/mol. The number of benzene rings is 3. The zero-order chi connectivity index (χ0) is 25.6. The van der Waals surface area contributed by atoms with Gasteiger partial charge in [0.25, 0.3) is 0 Å². The maximum absolute atomic E-state index is 14.0. The van der Waals surface area contributed by atoms with Gasteiger partial charge in [0, 0.05) is 5.69 Å². The van der Waals surface area contributed by atoms with Crippen molar-refractivity contribution in [3.8, 4) is 5.75 Å². The van der Waals surface area contributed by atoms with Crippen molar-refractivity contribution in [2.45, 2.75) is 19.1 Å². The highest BCUT2D eigenvalue weighted by atomic mass is 16.5. The van der Waals surface area contributed by atoms with Crippen LogP contribution in [0.15, 0.2) is 102 Å². The Hall–Kier alpha value is -4.92. The summed E-state index contributed by atoms with van der Waals surface area (Å²) in [4.78, 5) is 29.1. The summed E-state index contributed by atoms with van der Waals surface area (Å²) in [6.07, 6.45) is 1.55. The number of ether oxygens (including phenoxy) is 1. The van der Waals surface area contributed by atoms with Gasteiger partial charge in [-0.15, -0.1) is 5.10 Å². The number of rotatable bonds is 9. The van der Waals surface area contributed by atoms with Gasteiger partial charge in [-0.25, -0.2) is 4.68 Å². The monoisotopic (exact) mass is 495 g/mol. The number of nitrogens with zero attached hydrogens (tertiary/aromatic N) is 4. The van der Waals surface area contributed by atoms with Crippen LogP contribution in [-0.4, -0.2) is 33.9 Å². The standard InChI is InChI=1S/C28H25N5O4/c1-36-22-15-13-21(14-16-22)33(26(34)19-32-25-12-6-5-11-24(25)30-31-32)27(20-8-3-2-4-9-20)28(35)29-18-23-10-7-17-37-23/h2-17,27H,18-19H2,1H3,(H,29,35)/t27-/m1/s1. The van der Waals surface area contributed by atoms with Crippen LogP contribution in [0.25, 0.3) is 11.0 Å². The first-order chi connectivity index (χ1) is 18.1. The van der Waals surface area contributed by atoms with Crippen molar-refractivity contribution < 1.29 is 18.7 Å². The zero-order valence-corrected chi connectivity index (χ0v) is 20.2. The van der Waals surface area contributed by atoms with Crippen LogP contribution in [0.3, 0.4) is 0 Å². The van der Waals surface area contributed by atoms with E-state index in [0.29, 0.717) is 28.3 Å². The van der Waals surface area contributed by atoms with Gasteiger partial charge < -0.3 is 14.5 Å². The van der Waals surface area contributed by atoms with Crippen molar-refractivity contribution in [2.75, 3.05) is 12.0 Å². The summed E-state index contributed by atoms with van der Waals surface area (Å²) in [7, 11) is 1.57. The van der Waals surface area contributed by atoms with Crippen LogP contribution in [-0.2, 0) is 22.7 Å². The van der Waals surface area contributed by atoms with E-state index in [1.54, 1.807) is 49.8 Å². The lowest BCUT2D eigenvalue weighted by Crippen LogP contribution is -2.45. The van der Waals surface area contributed by atoms with E-state index >= 15 is 0 Å². The maximum Gasteiger partial charge on any atom is 0.249 e. The van der Waals surface area contributed by atoms with Gasteiger partial charge in [0.15, 0.2) is 0 Å². The van der Waals surface area contributed by atoms with Crippen molar-refractivity contribution in [3.05, 3.63) is 109 Å². The number of fused-ring (bicyclic) bond motifs is 1. The number of carbonyl (C=O) groups excluding carboxylic acids is 2. The predicted octanol–water partition coefficient (Wildman–Crippen LogP) is 4.12. The molecule has 0 aliphatic heterocycles. The summed E-state index contributed by atoms with van der Waals surface area (Å²) in [5.74, 6) is 0.562. The number of methoxy groups -OCH3 is 1. The molecule has 9 nitrogen and oxygen atoms in total. The smallest absolute Gasteiger partial charge is 0.249 e. The second kappa shape index (κ2) is 10.8. The average molecular weight is 496 g/mol. The first-order valence-corrected chi connectivity index (χ1v) is 11.7. The summed E-state index contributed by atoms with van der Waals surface area (Å²) in [6, 6.07) is 26.2. The van der Waals surface area contributed by atoms with E-state index in [9.17, 15) is 9.59 Å². The SMILES string of the molecule is COc1ccc(N(C(=O)Cn2nnc3ccccc32)[C@@H](C(=O)NCc2ccco2)c2ccccc2)cc1. The van der Waals surface area contributed by atoms with Gasteiger partial charge in [-0.3, -0.25) is 14.5 Å². The first-order valence-electron chi connectivity index (χ1n) is 11.7. The fourth-order valence-corrected chi connectivity index (χ4v) is 4.16. The summed E-state index contributed by atoms with van der Waals surface area (Å²) in [5.41, 5.74) is 2.61. The summed E-state index contributed by atoms with van der Waals surface area (Å²) >= 11 is 0. The number of hydrogen-bond donors (Lipinski definition) is 1. The molecule has 0 unspecified atom stereocenters. The molecule has 3 aromatic carbocycles. The van der Waals surface area contributed by atoms with E-state index < -0.39 is 6.04 Å². The van der Waals surface area contributed by atoms with Crippen LogP contribution in [0.1, 0.15) is 17.4 Å². The first kappa shape index (κ1) is 23.8. The Bertz CT molecular complexity index is 1480. The topological polar surface area (TPSA) is 102 Å². The number of hydrogen-bond acceptors (Lipinski definition) is 6. The Morgan fingerprint density at radius 3 is 2.46 bits per heavy atom. The highest BCUT2D eigenvalue weighted by Gasteiger charge is 2.33. The van der Waals surface area contributed by atoms with Crippen molar-refractivity contribution in [3.63, 3.8) is 0 Å². The number of para-hydroxylation sites is 1. The molecule has 5 aromatic rings. The molecule has 1 atom stereocenters. The molecule has 5 rings (SSSR count).